The van der Waals surface area contributed by atoms with Gasteiger partial charge in [0.15, 0.2) is 11.6 Å². The number of alkyl halides is 3. The predicted octanol–water partition coefficient (Wildman–Crippen LogP) is 5.52. The fraction of sp³-hybridized carbons (Fsp3) is 0.217. The van der Waals surface area contributed by atoms with Gasteiger partial charge >= 0.3 is 12.2 Å². The molecule has 0 unspecified atom stereocenters. The minimum atomic E-state index is -4.65. The lowest BCUT2D eigenvalue weighted by Crippen LogP contribution is -2.33. The van der Waals surface area contributed by atoms with Crippen LogP contribution in [0.15, 0.2) is 48.8 Å². The number of halogens is 4. The van der Waals surface area contributed by atoms with Gasteiger partial charge in [-0.25, -0.2) is 9.18 Å². The SMILES string of the molecule is COc1cc2c(cc1C(F)(F)F)N(C(=O)Nc1cc(F)c(OC)c(-c3cccnc3)c1)CC2. The summed E-state index contributed by atoms with van der Waals surface area (Å²) < 4.78 is 65.0. The number of nitrogens with one attached hydrogen (secondary N) is 1. The number of benzene rings is 2. The molecule has 10 heteroatoms. The van der Waals surface area contributed by atoms with Gasteiger partial charge in [-0.15, -0.1) is 0 Å². The number of hydrogen-bond donors (Lipinski definition) is 1. The number of ether oxygens (including phenoxy) is 2. The first-order chi connectivity index (χ1) is 15.7. The highest BCUT2D eigenvalue weighted by Crippen LogP contribution is 2.42. The minimum Gasteiger partial charge on any atom is -0.496 e. The first-order valence-corrected chi connectivity index (χ1v) is 9.87. The number of aromatic nitrogens is 1. The van der Waals surface area contributed by atoms with E-state index < -0.39 is 23.6 Å². The maximum Gasteiger partial charge on any atom is 0.420 e. The fourth-order valence-corrected chi connectivity index (χ4v) is 3.82. The van der Waals surface area contributed by atoms with Gasteiger partial charge in [0.05, 0.1) is 19.8 Å². The third kappa shape index (κ3) is 4.28. The summed E-state index contributed by atoms with van der Waals surface area (Å²) in [6.07, 6.45) is -1.21. The Balaban J connectivity index is 1.67. The summed E-state index contributed by atoms with van der Waals surface area (Å²) >= 11 is 0. The number of urea groups is 1. The van der Waals surface area contributed by atoms with Crippen LogP contribution in [0.1, 0.15) is 11.1 Å². The quantitative estimate of drug-likeness (QED) is 0.520. The van der Waals surface area contributed by atoms with Gasteiger partial charge in [-0.05, 0) is 36.2 Å². The summed E-state index contributed by atoms with van der Waals surface area (Å²) in [5, 5.41) is 2.57. The van der Waals surface area contributed by atoms with Gasteiger partial charge in [-0.2, -0.15) is 13.2 Å². The molecule has 0 radical (unpaired) electrons. The van der Waals surface area contributed by atoms with Crippen LogP contribution in [0.4, 0.5) is 33.7 Å². The molecule has 4 rings (SSSR count). The third-order valence-corrected chi connectivity index (χ3v) is 5.32. The first kappa shape index (κ1) is 22.4. The van der Waals surface area contributed by atoms with Gasteiger partial charge in [-0.1, -0.05) is 6.07 Å². The van der Waals surface area contributed by atoms with Crippen molar-refractivity contribution in [2.75, 3.05) is 31.0 Å². The molecular weight excluding hydrogens is 442 g/mol. The largest absolute Gasteiger partial charge is 0.496 e. The van der Waals surface area contributed by atoms with Crippen LogP contribution in [0.5, 0.6) is 11.5 Å². The van der Waals surface area contributed by atoms with E-state index in [0.717, 1.165) is 19.2 Å². The molecule has 33 heavy (non-hydrogen) atoms. The van der Waals surface area contributed by atoms with Crippen molar-refractivity contribution >= 4 is 17.4 Å². The molecule has 0 atom stereocenters. The zero-order valence-electron chi connectivity index (χ0n) is 17.7. The zero-order chi connectivity index (χ0) is 23.8. The Labute approximate surface area is 186 Å². The Kier molecular flexibility index (Phi) is 5.84. The molecule has 2 amide bonds. The highest BCUT2D eigenvalue weighted by molar-refractivity contribution is 6.03. The van der Waals surface area contributed by atoms with Gasteiger partial charge in [0.25, 0.3) is 0 Å². The van der Waals surface area contributed by atoms with Gasteiger partial charge in [0.2, 0.25) is 0 Å². The number of nitrogens with zero attached hydrogens (tertiary/aromatic N) is 2. The number of carbonyl (C=O) groups is 1. The summed E-state index contributed by atoms with van der Waals surface area (Å²) in [4.78, 5) is 18.1. The van der Waals surface area contributed by atoms with E-state index in [1.165, 1.54) is 30.3 Å². The van der Waals surface area contributed by atoms with Crippen LogP contribution >= 0.6 is 0 Å². The average Bonchev–Trinajstić information content (AvgIpc) is 3.21. The number of anilines is 2. The van der Waals surface area contributed by atoms with Gasteiger partial charge in [-0.3, -0.25) is 9.88 Å². The van der Waals surface area contributed by atoms with Gasteiger partial charge in [0, 0.05) is 47.5 Å². The topological polar surface area (TPSA) is 63.7 Å². The monoisotopic (exact) mass is 461 g/mol. The zero-order valence-corrected chi connectivity index (χ0v) is 17.7. The van der Waals surface area contributed by atoms with Crippen molar-refractivity contribution in [1.82, 2.24) is 4.98 Å². The van der Waals surface area contributed by atoms with E-state index in [1.807, 2.05) is 0 Å². The Hall–Kier alpha value is -3.82. The van der Waals surface area contributed by atoms with Crippen molar-refractivity contribution in [2.45, 2.75) is 12.6 Å². The van der Waals surface area contributed by atoms with Crippen LogP contribution in [0.2, 0.25) is 0 Å². The average molecular weight is 461 g/mol. The van der Waals surface area contributed by atoms with Crippen LogP contribution in [0, 0.1) is 5.82 Å². The van der Waals surface area contributed by atoms with E-state index >= 15 is 0 Å². The number of carbonyl (C=O) groups excluding carboxylic acids is 1. The first-order valence-electron chi connectivity index (χ1n) is 9.87. The van der Waals surface area contributed by atoms with Crippen LogP contribution in [0.25, 0.3) is 11.1 Å². The maximum atomic E-state index is 14.7. The summed E-state index contributed by atoms with van der Waals surface area (Å²) in [5.74, 6) is -1.03. The van der Waals surface area contributed by atoms with E-state index in [-0.39, 0.29) is 29.4 Å². The summed E-state index contributed by atoms with van der Waals surface area (Å²) in [7, 11) is 2.48. The molecule has 172 valence electrons. The third-order valence-electron chi connectivity index (χ3n) is 5.32. The molecule has 0 spiro atoms. The lowest BCUT2D eigenvalue weighted by atomic mass is 10.1. The number of fused-ring (bicyclic) bond motifs is 1. The fourth-order valence-electron chi connectivity index (χ4n) is 3.82. The smallest absolute Gasteiger partial charge is 0.420 e. The number of pyridine rings is 1. The van der Waals surface area contributed by atoms with Crippen molar-refractivity contribution in [3.63, 3.8) is 0 Å². The molecule has 3 aromatic rings. The maximum absolute atomic E-state index is 14.7. The Morgan fingerprint density at radius 3 is 2.58 bits per heavy atom. The Morgan fingerprint density at radius 1 is 1.15 bits per heavy atom. The molecule has 0 saturated carbocycles. The highest BCUT2D eigenvalue weighted by Gasteiger charge is 2.37. The van der Waals surface area contributed by atoms with Gasteiger partial charge in [0.1, 0.15) is 5.75 Å². The molecule has 2 aromatic carbocycles. The van der Waals surface area contributed by atoms with Crippen molar-refractivity contribution in [1.29, 1.82) is 0 Å². The second-order valence-corrected chi connectivity index (χ2v) is 7.29. The molecule has 6 nitrogen and oxygen atoms in total. The second-order valence-electron chi connectivity index (χ2n) is 7.29. The molecule has 1 aliphatic rings. The molecule has 0 saturated heterocycles. The number of amides is 2. The number of hydrogen-bond acceptors (Lipinski definition) is 4. The van der Waals surface area contributed by atoms with E-state index in [9.17, 15) is 22.4 Å². The van der Waals surface area contributed by atoms with Crippen molar-refractivity contribution in [3.05, 3.63) is 65.7 Å². The van der Waals surface area contributed by atoms with Gasteiger partial charge < -0.3 is 14.8 Å². The van der Waals surface area contributed by atoms with E-state index in [2.05, 4.69) is 10.3 Å². The molecule has 1 N–H and O–H groups in total. The molecule has 0 fully saturated rings. The molecule has 0 aliphatic carbocycles. The van der Waals surface area contributed by atoms with Crippen LogP contribution in [-0.2, 0) is 12.6 Å². The molecular formula is C23H19F4N3O3. The Morgan fingerprint density at radius 2 is 1.94 bits per heavy atom. The van der Waals surface area contributed by atoms with E-state index in [1.54, 1.807) is 18.3 Å². The van der Waals surface area contributed by atoms with Crippen LogP contribution < -0.4 is 19.7 Å². The highest BCUT2D eigenvalue weighted by atomic mass is 19.4. The molecule has 1 aromatic heterocycles. The van der Waals surface area contributed by atoms with Crippen LogP contribution in [0.3, 0.4) is 0 Å². The van der Waals surface area contributed by atoms with Crippen molar-refractivity contribution in [3.8, 4) is 22.6 Å². The van der Waals surface area contributed by atoms with E-state index in [0.29, 0.717) is 23.1 Å². The molecule has 2 heterocycles. The normalized spacial score (nSPS) is 13.0. The van der Waals surface area contributed by atoms with Crippen LogP contribution in [-0.4, -0.2) is 31.8 Å². The summed E-state index contributed by atoms with van der Waals surface area (Å²) in [6, 6.07) is 7.49. The summed E-state index contributed by atoms with van der Waals surface area (Å²) in [6.45, 7) is 0.166. The van der Waals surface area contributed by atoms with Crippen molar-refractivity contribution in [2.24, 2.45) is 0 Å². The standard InChI is InChI=1S/C23H19F4N3O3/c1-32-20-8-13-5-7-30(19(13)11-17(20)23(25,26)27)22(31)29-15-9-16(14-4-3-6-28-12-14)21(33-2)18(24)10-15/h3-4,6,8-12H,5,7H2,1-2H3,(H,29,31). The number of rotatable bonds is 4. The summed E-state index contributed by atoms with van der Waals surface area (Å²) in [5.41, 5.74) is 0.756. The minimum absolute atomic E-state index is 0.0190. The predicted molar refractivity (Wildman–Crippen MR) is 114 cm³/mol. The lowest BCUT2D eigenvalue weighted by molar-refractivity contribution is -0.138. The molecule has 0 bridgehead atoms. The van der Waals surface area contributed by atoms with E-state index in [4.69, 9.17) is 9.47 Å². The second kappa shape index (κ2) is 8.61. The lowest BCUT2D eigenvalue weighted by Gasteiger charge is -2.21. The molecule has 1 aliphatic heterocycles. The Bertz CT molecular complexity index is 1200. The van der Waals surface area contributed by atoms with Crippen molar-refractivity contribution < 1.29 is 31.8 Å². The number of methoxy groups -OCH3 is 2.